The number of nitrogens with two attached hydrogens (primary N) is 1. The first-order valence-corrected chi connectivity index (χ1v) is 7.05. The lowest BCUT2D eigenvalue weighted by atomic mass is 9.97. The average Bonchev–Trinajstić information content (AvgIpc) is 2.48. The Labute approximate surface area is 129 Å². The Kier molecular flexibility index (Phi) is 3.41. The third kappa shape index (κ3) is 2.15. The third-order valence-electron chi connectivity index (χ3n) is 3.86. The van der Waals surface area contributed by atoms with Crippen LogP contribution in [0.5, 0.6) is 5.75 Å². The maximum atomic E-state index is 6.00. The van der Waals surface area contributed by atoms with E-state index in [0.717, 1.165) is 44.7 Å². The number of hydrogen-bond donors (Lipinski definition) is 1. The zero-order valence-corrected chi connectivity index (χ0v) is 13.1. The molecular weight excluding hydrogens is 276 g/mol. The van der Waals surface area contributed by atoms with Crippen LogP contribution in [0, 0.1) is 20.8 Å². The van der Waals surface area contributed by atoms with Crippen molar-refractivity contribution < 1.29 is 4.74 Å². The number of aryl methyl sites for hydroxylation is 2. The van der Waals surface area contributed by atoms with Gasteiger partial charge in [0, 0.05) is 22.2 Å². The van der Waals surface area contributed by atoms with Gasteiger partial charge in [-0.15, -0.1) is 0 Å². The largest absolute Gasteiger partial charge is 0.496 e. The van der Waals surface area contributed by atoms with Gasteiger partial charge in [-0.05, 0) is 38.5 Å². The molecule has 22 heavy (non-hydrogen) atoms. The zero-order chi connectivity index (χ0) is 15.9. The van der Waals surface area contributed by atoms with Crippen LogP contribution in [0.1, 0.15) is 16.8 Å². The van der Waals surface area contributed by atoms with E-state index in [1.54, 1.807) is 7.11 Å². The molecule has 0 aliphatic heterocycles. The molecule has 0 fully saturated rings. The molecule has 0 atom stereocenters. The molecule has 5 nitrogen and oxygen atoms in total. The summed E-state index contributed by atoms with van der Waals surface area (Å²) in [5.74, 6) is 1.30. The molecule has 3 aromatic rings. The second kappa shape index (κ2) is 5.26. The van der Waals surface area contributed by atoms with E-state index in [2.05, 4.69) is 16.9 Å². The first-order chi connectivity index (χ1) is 10.5. The van der Waals surface area contributed by atoms with Gasteiger partial charge < -0.3 is 10.5 Å². The Bertz CT molecular complexity index is 874. The van der Waals surface area contributed by atoms with Crippen molar-refractivity contribution in [1.29, 1.82) is 0 Å². The van der Waals surface area contributed by atoms with Crippen molar-refractivity contribution in [3.63, 3.8) is 0 Å². The molecule has 0 bridgehead atoms. The fourth-order valence-corrected chi connectivity index (χ4v) is 2.80. The van der Waals surface area contributed by atoms with Crippen molar-refractivity contribution in [2.45, 2.75) is 20.8 Å². The molecular formula is C17H18N4O. The lowest BCUT2D eigenvalue weighted by Crippen LogP contribution is -2.01. The highest BCUT2D eigenvalue weighted by Crippen LogP contribution is 2.36. The molecule has 2 heterocycles. The van der Waals surface area contributed by atoms with E-state index in [0.29, 0.717) is 5.82 Å². The van der Waals surface area contributed by atoms with E-state index in [9.17, 15) is 0 Å². The number of methoxy groups -OCH3 is 1. The molecule has 5 heteroatoms. The fourth-order valence-electron chi connectivity index (χ4n) is 2.80. The minimum absolute atomic E-state index is 0.468. The van der Waals surface area contributed by atoms with Crippen LogP contribution < -0.4 is 10.5 Å². The zero-order valence-electron chi connectivity index (χ0n) is 13.1. The number of anilines is 1. The topological polar surface area (TPSA) is 73.9 Å². The molecule has 0 saturated carbocycles. The van der Waals surface area contributed by atoms with Crippen LogP contribution in [0.2, 0.25) is 0 Å². The van der Waals surface area contributed by atoms with Crippen LogP contribution in [0.4, 0.5) is 5.82 Å². The summed E-state index contributed by atoms with van der Waals surface area (Å²) < 4.78 is 5.44. The average molecular weight is 294 g/mol. The highest BCUT2D eigenvalue weighted by molar-refractivity contribution is 5.98. The van der Waals surface area contributed by atoms with E-state index >= 15 is 0 Å². The van der Waals surface area contributed by atoms with Crippen LogP contribution in [-0.2, 0) is 0 Å². The summed E-state index contributed by atoms with van der Waals surface area (Å²) in [5, 5.41) is 0.826. The molecule has 0 spiro atoms. The standard InChI is InChI=1S/C17H18N4O/c1-9-5-6-13(22-4)11(3)14(9)16-15-12(7-10(2)21-16)17(18)20-8-19-15/h5-8H,1-4H3,(H2,18,19,20). The molecule has 0 amide bonds. The SMILES string of the molecule is COc1ccc(C)c(-c2nc(C)cc3c(N)ncnc23)c1C. The number of rotatable bonds is 2. The van der Waals surface area contributed by atoms with Crippen LogP contribution in [0.3, 0.4) is 0 Å². The third-order valence-corrected chi connectivity index (χ3v) is 3.86. The van der Waals surface area contributed by atoms with Gasteiger partial charge in [0.15, 0.2) is 0 Å². The summed E-state index contributed by atoms with van der Waals surface area (Å²) in [4.78, 5) is 13.2. The first-order valence-electron chi connectivity index (χ1n) is 7.05. The Balaban J connectivity index is 2.43. The quantitative estimate of drug-likeness (QED) is 0.785. The summed E-state index contributed by atoms with van der Waals surface area (Å²) >= 11 is 0. The summed E-state index contributed by atoms with van der Waals surface area (Å²) in [6.07, 6.45) is 1.48. The number of nitrogen functional groups attached to an aromatic ring is 1. The van der Waals surface area contributed by atoms with Crippen LogP contribution in [0.15, 0.2) is 24.5 Å². The predicted octanol–water partition coefficient (Wildman–Crippen LogP) is 3.21. The number of aromatic nitrogens is 3. The number of hydrogen-bond acceptors (Lipinski definition) is 5. The van der Waals surface area contributed by atoms with Gasteiger partial charge >= 0.3 is 0 Å². The summed E-state index contributed by atoms with van der Waals surface area (Å²) in [5.41, 5.74) is 11.7. The van der Waals surface area contributed by atoms with Crippen LogP contribution >= 0.6 is 0 Å². The second-order valence-electron chi connectivity index (χ2n) is 5.35. The molecule has 0 saturated heterocycles. The highest BCUT2D eigenvalue weighted by atomic mass is 16.5. The Morgan fingerprint density at radius 3 is 2.59 bits per heavy atom. The lowest BCUT2D eigenvalue weighted by Gasteiger charge is -2.15. The Hall–Kier alpha value is -2.69. The summed E-state index contributed by atoms with van der Waals surface area (Å²) in [6.45, 7) is 6.03. The van der Waals surface area contributed by atoms with Crippen LogP contribution in [0.25, 0.3) is 22.2 Å². The Morgan fingerprint density at radius 1 is 1.09 bits per heavy atom. The van der Waals surface area contributed by atoms with E-state index in [1.165, 1.54) is 6.33 Å². The van der Waals surface area contributed by atoms with Gasteiger partial charge in [0.1, 0.15) is 23.4 Å². The highest BCUT2D eigenvalue weighted by Gasteiger charge is 2.17. The normalized spacial score (nSPS) is 10.9. The van der Waals surface area contributed by atoms with Gasteiger partial charge in [0.2, 0.25) is 0 Å². The molecule has 0 aliphatic rings. The second-order valence-corrected chi connectivity index (χ2v) is 5.35. The van der Waals surface area contributed by atoms with E-state index < -0.39 is 0 Å². The monoisotopic (exact) mass is 294 g/mol. The molecule has 112 valence electrons. The molecule has 3 rings (SSSR count). The van der Waals surface area contributed by atoms with E-state index in [4.69, 9.17) is 15.5 Å². The van der Waals surface area contributed by atoms with Crippen LogP contribution in [-0.4, -0.2) is 22.1 Å². The van der Waals surface area contributed by atoms with Crippen molar-refractivity contribution in [3.8, 4) is 17.0 Å². The number of fused-ring (bicyclic) bond motifs is 1. The maximum Gasteiger partial charge on any atom is 0.134 e. The lowest BCUT2D eigenvalue weighted by molar-refractivity contribution is 0.412. The summed E-state index contributed by atoms with van der Waals surface area (Å²) in [6, 6.07) is 5.91. The number of ether oxygens (including phenoxy) is 1. The maximum absolute atomic E-state index is 6.00. The number of pyridine rings is 1. The van der Waals surface area contributed by atoms with Crippen molar-refractivity contribution >= 4 is 16.7 Å². The van der Waals surface area contributed by atoms with Crippen molar-refractivity contribution in [2.24, 2.45) is 0 Å². The first kappa shape index (κ1) is 14.3. The van der Waals surface area contributed by atoms with Gasteiger partial charge in [-0.25, -0.2) is 9.97 Å². The van der Waals surface area contributed by atoms with Crippen molar-refractivity contribution in [2.75, 3.05) is 12.8 Å². The van der Waals surface area contributed by atoms with Gasteiger partial charge in [-0.2, -0.15) is 0 Å². The minimum Gasteiger partial charge on any atom is -0.496 e. The number of nitrogens with zero attached hydrogens (tertiary/aromatic N) is 3. The van der Waals surface area contributed by atoms with E-state index in [-0.39, 0.29) is 0 Å². The minimum atomic E-state index is 0.468. The van der Waals surface area contributed by atoms with Gasteiger partial charge in [0.25, 0.3) is 0 Å². The molecule has 0 unspecified atom stereocenters. The fraction of sp³-hybridized carbons (Fsp3) is 0.235. The Morgan fingerprint density at radius 2 is 1.86 bits per heavy atom. The molecule has 0 aliphatic carbocycles. The molecule has 2 aromatic heterocycles. The van der Waals surface area contributed by atoms with E-state index in [1.807, 2.05) is 32.0 Å². The van der Waals surface area contributed by atoms with Gasteiger partial charge in [-0.3, -0.25) is 4.98 Å². The van der Waals surface area contributed by atoms with Gasteiger partial charge in [-0.1, -0.05) is 6.07 Å². The molecule has 0 radical (unpaired) electrons. The predicted molar refractivity (Wildman–Crippen MR) is 87.9 cm³/mol. The summed E-state index contributed by atoms with van der Waals surface area (Å²) in [7, 11) is 1.67. The van der Waals surface area contributed by atoms with Gasteiger partial charge in [0.05, 0.1) is 12.8 Å². The number of benzene rings is 1. The smallest absolute Gasteiger partial charge is 0.134 e. The molecule has 1 aromatic carbocycles. The molecule has 2 N–H and O–H groups in total. The van der Waals surface area contributed by atoms with Crippen molar-refractivity contribution in [3.05, 3.63) is 41.3 Å². The van der Waals surface area contributed by atoms with Crippen molar-refractivity contribution in [1.82, 2.24) is 15.0 Å².